The molecule has 2 rings (SSSR count). The number of hydrogen-bond donors (Lipinski definition) is 0. The first kappa shape index (κ1) is 16.1. The monoisotopic (exact) mass is 395 g/mol. The fraction of sp³-hybridized carbons (Fsp3) is 0.385. The summed E-state index contributed by atoms with van der Waals surface area (Å²) in [4.78, 5) is -0.0834. The van der Waals surface area contributed by atoms with Crippen molar-refractivity contribution >= 4 is 49.2 Å². The molecule has 0 heterocycles. The minimum atomic E-state index is -3.79. The molecule has 0 spiro atoms. The molecule has 0 saturated heterocycles. The molecule has 7 heteroatoms. The topological polar surface area (TPSA) is 37.4 Å². The largest absolute Gasteiger partial charge is 0.246 e. The molecule has 1 saturated carbocycles. The van der Waals surface area contributed by atoms with E-state index in [4.69, 9.17) is 29.6 Å². The minimum Gasteiger partial charge on any atom is -0.207 e. The number of terminal acetylenes is 1. The van der Waals surface area contributed by atoms with Gasteiger partial charge in [0.05, 0.1) is 16.6 Å². The zero-order chi connectivity index (χ0) is 14.9. The van der Waals surface area contributed by atoms with Gasteiger partial charge in [-0.05, 0) is 30.9 Å². The van der Waals surface area contributed by atoms with Crippen LogP contribution in [0, 0.1) is 18.3 Å². The first-order chi connectivity index (χ1) is 9.36. The molecule has 1 aliphatic carbocycles. The Bertz CT molecular complexity index is 642. The van der Waals surface area contributed by atoms with Gasteiger partial charge in [0.1, 0.15) is 4.90 Å². The van der Waals surface area contributed by atoms with Crippen molar-refractivity contribution in [1.29, 1.82) is 0 Å². The summed E-state index contributed by atoms with van der Waals surface area (Å²) >= 11 is 15.3. The van der Waals surface area contributed by atoms with Gasteiger partial charge in [-0.25, -0.2) is 8.42 Å². The summed E-state index contributed by atoms with van der Waals surface area (Å²) in [7, 11) is -3.79. The van der Waals surface area contributed by atoms with Crippen molar-refractivity contribution in [3.63, 3.8) is 0 Å². The predicted molar refractivity (Wildman–Crippen MR) is 84.5 cm³/mol. The van der Waals surface area contributed by atoms with Crippen molar-refractivity contribution in [3.8, 4) is 12.3 Å². The Kier molecular flexibility index (Phi) is 5.04. The third kappa shape index (κ3) is 3.49. The second-order valence-electron chi connectivity index (χ2n) is 4.64. The van der Waals surface area contributed by atoms with Crippen LogP contribution in [0.4, 0.5) is 0 Å². The SMILES string of the molecule is C#CCN(CC1CC1)S(=O)(=O)c1c(Cl)cc(Br)cc1Cl. The molecule has 0 aromatic heterocycles. The number of benzene rings is 1. The van der Waals surface area contributed by atoms with Gasteiger partial charge < -0.3 is 0 Å². The molecule has 0 N–H and O–H groups in total. The van der Waals surface area contributed by atoms with Gasteiger partial charge in [0.25, 0.3) is 0 Å². The fourth-order valence-electron chi connectivity index (χ4n) is 1.84. The molecule has 1 aromatic carbocycles. The first-order valence-electron chi connectivity index (χ1n) is 5.94. The van der Waals surface area contributed by atoms with Gasteiger partial charge in [-0.15, -0.1) is 6.42 Å². The van der Waals surface area contributed by atoms with Gasteiger partial charge in [-0.3, -0.25) is 0 Å². The summed E-state index contributed by atoms with van der Waals surface area (Å²) in [6, 6.07) is 3.01. The number of sulfonamides is 1. The number of nitrogens with zero attached hydrogens (tertiary/aromatic N) is 1. The molecule has 0 amide bonds. The molecule has 0 aliphatic heterocycles. The lowest BCUT2D eigenvalue weighted by atomic mass is 10.4. The van der Waals surface area contributed by atoms with Gasteiger partial charge in [-0.2, -0.15) is 4.31 Å². The molecule has 0 unspecified atom stereocenters. The van der Waals surface area contributed by atoms with Crippen molar-refractivity contribution < 1.29 is 8.42 Å². The van der Waals surface area contributed by atoms with Crippen molar-refractivity contribution in [2.75, 3.05) is 13.1 Å². The Morgan fingerprint density at radius 3 is 2.35 bits per heavy atom. The highest BCUT2D eigenvalue weighted by molar-refractivity contribution is 9.10. The van der Waals surface area contributed by atoms with E-state index in [9.17, 15) is 8.42 Å². The molecule has 0 bridgehead atoms. The minimum absolute atomic E-state index is 0.0154. The third-order valence-electron chi connectivity index (χ3n) is 2.99. The summed E-state index contributed by atoms with van der Waals surface area (Å²) in [6.07, 6.45) is 7.32. The highest BCUT2D eigenvalue weighted by atomic mass is 79.9. The van der Waals surface area contributed by atoms with Crippen molar-refractivity contribution in [1.82, 2.24) is 4.31 Å². The molecule has 1 aliphatic rings. The molecule has 0 atom stereocenters. The van der Waals surface area contributed by atoms with Crippen LogP contribution in [0.15, 0.2) is 21.5 Å². The molecular weight excluding hydrogens is 385 g/mol. The van der Waals surface area contributed by atoms with Crippen LogP contribution in [0.1, 0.15) is 12.8 Å². The summed E-state index contributed by atoms with van der Waals surface area (Å²) < 4.78 is 27.3. The lowest BCUT2D eigenvalue weighted by Gasteiger charge is -2.21. The predicted octanol–water partition coefficient (Wildman–Crippen LogP) is 3.79. The molecule has 1 aromatic rings. The van der Waals surface area contributed by atoms with Crippen LogP contribution in [-0.2, 0) is 10.0 Å². The van der Waals surface area contributed by atoms with Crippen LogP contribution >= 0.6 is 39.1 Å². The third-order valence-corrected chi connectivity index (χ3v) is 6.18. The quantitative estimate of drug-likeness (QED) is 0.710. The van der Waals surface area contributed by atoms with Gasteiger partial charge >= 0.3 is 0 Å². The normalized spacial score (nSPS) is 15.3. The average molecular weight is 397 g/mol. The standard InChI is InChI=1S/C13H12BrCl2NO2S/c1-2-5-17(8-9-3-4-9)20(18,19)13-11(15)6-10(14)7-12(13)16/h1,6-7,9H,3-5,8H2. The van der Waals surface area contributed by atoms with Gasteiger partial charge in [-0.1, -0.05) is 45.1 Å². The second kappa shape index (κ2) is 6.25. The molecular formula is C13H12BrCl2NO2S. The van der Waals surface area contributed by atoms with E-state index in [1.54, 1.807) is 0 Å². The van der Waals surface area contributed by atoms with Crippen LogP contribution in [0.3, 0.4) is 0 Å². The lowest BCUT2D eigenvalue weighted by molar-refractivity contribution is 0.430. The summed E-state index contributed by atoms with van der Waals surface area (Å²) in [5, 5.41) is 0.171. The van der Waals surface area contributed by atoms with Crippen molar-refractivity contribution in [3.05, 3.63) is 26.7 Å². The number of hydrogen-bond acceptors (Lipinski definition) is 2. The maximum Gasteiger partial charge on any atom is 0.246 e. The van der Waals surface area contributed by atoms with E-state index in [1.165, 1.54) is 16.4 Å². The molecule has 0 radical (unpaired) electrons. The van der Waals surface area contributed by atoms with E-state index in [0.29, 0.717) is 16.9 Å². The average Bonchev–Trinajstić information content (AvgIpc) is 3.10. The maximum atomic E-state index is 12.7. The van der Waals surface area contributed by atoms with E-state index in [0.717, 1.165) is 12.8 Å². The highest BCUT2D eigenvalue weighted by Crippen LogP contribution is 2.37. The van der Waals surface area contributed by atoms with Crippen LogP contribution in [0.25, 0.3) is 0 Å². The summed E-state index contributed by atoms with van der Waals surface area (Å²) in [5.74, 6) is 2.76. The van der Waals surface area contributed by atoms with Gasteiger partial charge in [0.15, 0.2) is 0 Å². The van der Waals surface area contributed by atoms with E-state index in [2.05, 4.69) is 21.9 Å². The zero-order valence-corrected chi connectivity index (χ0v) is 14.4. The molecule has 20 heavy (non-hydrogen) atoms. The summed E-state index contributed by atoms with van der Waals surface area (Å²) in [5.41, 5.74) is 0. The number of rotatable bonds is 5. The first-order valence-corrected chi connectivity index (χ1v) is 8.93. The summed E-state index contributed by atoms with van der Waals surface area (Å²) in [6.45, 7) is 0.427. The Balaban J connectivity index is 2.44. The van der Waals surface area contributed by atoms with E-state index in [-0.39, 0.29) is 21.5 Å². The Labute approximate surface area is 137 Å². The van der Waals surface area contributed by atoms with Crippen molar-refractivity contribution in [2.45, 2.75) is 17.7 Å². The lowest BCUT2D eigenvalue weighted by Crippen LogP contribution is -2.33. The van der Waals surface area contributed by atoms with Crippen LogP contribution in [0.2, 0.25) is 10.0 Å². The van der Waals surface area contributed by atoms with Gasteiger partial charge in [0.2, 0.25) is 10.0 Å². The molecule has 3 nitrogen and oxygen atoms in total. The van der Waals surface area contributed by atoms with E-state index >= 15 is 0 Å². The van der Waals surface area contributed by atoms with Crippen LogP contribution < -0.4 is 0 Å². The van der Waals surface area contributed by atoms with E-state index in [1.807, 2.05) is 0 Å². The van der Waals surface area contributed by atoms with Crippen molar-refractivity contribution in [2.24, 2.45) is 5.92 Å². The smallest absolute Gasteiger partial charge is 0.207 e. The van der Waals surface area contributed by atoms with Crippen LogP contribution in [0.5, 0.6) is 0 Å². The highest BCUT2D eigenvalue weighted by Gasteiger charge is 2.33. The Morgan fingerprint density at radius 1 is 1.35 bits per heavy atom. The zero-order valence-electron chi connectivity index (χ0n) is 10.4. The molecule has 1 fully saturated rings. The fourth-order valence-corrected chi connectivity index (χ4v) is 5.16. The van der Waals surface area contributed by atoms with E-state index < -0.39 is 10.0 Å². The number of halogens is 3. The Hall–Kier alpha value is -0.250. The second-order valence-corrected chi connectivity index (χ2v) is 8.25. The maximum absolute atomic E-state index is 12.7. The van der Waals surface area contributed by atoms with Gasteiger partial charge in [0, 0.05) is 11.0 Å². The molecule has 108 valence electrons. The Morgan fingerprint density at radius 2 is 1.90 bits per heavy atom. The van der Waals surface area contributed by atoms with Crippen LogP contribution in [-0.4, -0.2) is 25.8 Å².